The highest BCUT2D eigenvalue weighted by molar-refractivity contribution is 4.88. The summed E-state index contributed by atoms with van der Waals surface area (Å²) in [6.45, 7) is 4.04. The minimum absolute atomic E-state index is 0.556. The van der Waals surface area contributed by atoms with E-state index in [0.29, 0.717) is 19.0 Å². The van der Waals surface area contributed by atoms with Crippen LogP contribution in [0.25, 0.3) is 0 Å². The molecule has 2 heterocycles. The molecule has 5 nitrogen and oxygen atoms in total. The Morgan fingerprint density at radius 3 is 3.15 bits per heavy atom. The second-order valence-electron chi connectivity index (χ2n) is 3.79. The van der Waals surface area contributed by atoms with E-state index in [1.165, 1.54) is 6.33 Å². The highest BCUT2D eigenvalue weighted by atomic mass is 16.5. The van der Waals surface area contributed by atoms with Gasteiger partial charge in [-0.15, -0.1) is 0 Å². The number of likely N-dealkylation sites (tertiary alicyclic amines) is 1. The van der Waals surface area contributed by atoms with E-state index < -0.39 is 5.60 Å². The zero-order chi connectivity index (χ0) is 9.31. The lowest BCUT2D eigenvalue weighted by Crippen LogP contribution is -2.29. The molecular weight excluding hydrogens is 170 g/mol. The van der Waals surface area contributed by atoms with Crippen LogP contribution in [0.2, 0.25) is 0 Å². The predicted octanol–water partition coefficient (Wildman–Crippen LogP) is 0.0263. The van der Waals surface area contributed by atoms with Crippen LogP contribution in [-0.2, 0) is 6.54 Å². The van der Waals surface area contributed by atoms with Gasteiger partial charge in [0.05, 0.1) is 12.1 Å². The molecule has 1 aliphatic rings. The van der Waals surface area contributed by atoms with Gasteiger partial charge in [0.1, 0.15) is 0 Å². The van der Waals surface area contributed by atoms with E-state index in [1.54, 1.807) is 0 Å². The Kier molecular flexibility index (Phi) is 2.05. The van der Waals surface area contributed by atoms with Crippen LogP contribution in [0, 0.1) is 0 Å². The van der Waals surface area contributed by atoms with E-state index in [0.717, 1.165) is 13.0 Å². The van der Waals surface area contributed by atoms with Gasteiger partial charge in [-0.05, 0) is 13.3 Å². The molecule has 0 spiro atoms. The summed E-state index contributed by atoms with van der Waals surface area (Å²) < 4.78 is 4.88. The number of aromatic nitrogens is 2. The fourth-order valence-corrected chi connectivity index (χ4v) is 1.63. The van der Waals surface area contributed by atoms with Crippen LogP contribution in [-0.4, -0.2) is 38.8 Å². The molecule has 0 aromatic carbocycles. The third-order valence-electron chi connectivity index (χ3n) is 2.30. The van der Waals surface area contributed by atoms with Crippen LogP contribution in [0.5, 0.6) is 0 Å². The molecular formula is C8H13N3O2. The van der Waals surface area contributed by atoms with Crippen molar-refractivity contribution in [1.82, 2.24) is 15.0 Å². The lowest BCUT2D eigenvalue weighted by Gasteiger charge is -2.16. The first-order valence-corrected chi connectivity index (χ1v) is 4.36. The Bertz CT molecular complexity index is 271. The fraction of sp³-hybridized carbons (Fsp3) is 0.750. The van der Waals surface area contributed by atoms with Gasteiger partial charge in [0, 0.05) is 13.1 Å². The minimum Gasteiger partial charge on any atom is -0.389 e. The smallest absolute Gasteiger partial charge is 0.240 e. The topological polar surface area (TPSA) is 62.4 Å². The molecule has 0 aliphatic carbocycles. The molecule has 1 saturated heterocycles. The Balaban J connectivity index is 1.91. The highest BCUT2D eigenvalue weighted by Crippen LogP contribution is 2.21. The molecule has 0 bridgehead atoms. The van der Waals surface area contributed by atoms with E-state index in [9.17, 15) is 5.11 Å². The molecule has 0 saturated carbocycles. The number of hydrogen-bond donors (Lipinski definition) is 1. The monoisotopic (exact) mass is 183 g/mol. The maximum absolute atomic E-state index is 9.69. The molecule has 1 aliphatic heterocycles. The average molecular weight is 183 g/mol. The summed E-state index contributed by atoms with van der Waals surface area (Å²) in [7, 11) is 0. The van der Waals surface area contributed by atoms with E-state index >= 15 is 0 Å². The quantitative estimate of drug-likeness (QED) is 0.700. The van der Waals surface area contributed by atoms with Crippen LogP contribution >= 0.6 is 0 Å². The van der Waals surface area contributed by atoms with Crippen molar-refractivity contribution >= 4 is 0 Å². The van der Waals surface area contributed by atoms with Gasteiger partial charge in [-0.3, -0.25) is 4.90 Å². The Morgan fingerprint density at radius 1 is 1.77 bits per heavy atom. The maximum atomic E-state index is 9.69. The number of hydrogen-bond acceptors (Lipinski definition) is 5. The molecule has 1 unspecified atom stereocenters. The van der Waals surface area contributed by atoms with Crippen LogP contribution in [0.3, 0.4) is 0 Å². The van der Waals surface area contributed by atoms with Gasteiger partial charge in [0.15, 0.2) is 6.33 Å². The molecule has 0 amide bonds. The molecule has 13 heavy (non-hydrogen) atoms. The fourth-order valence-electron chi connectivity index (χ4n) is 1.63. The SMILES string of the molecule is CC1(O)CCN(Cc2ncno2)C1. The number of rotatable bonds is 2. The molecule has 2 rings (SSSR count). The van der Waals surface area contributed by atoms with Gasteiger partial charge >= 0.3 is 0 Å². The van der Waals surface area contributed by atoms with Crippen molar-refractivity contribution in [2.24, 2.45) is 0 Å². The molecule has 1 fully saturated rings. The lowest BCUT2D eigenvalue weighted by atomic mass is 10.1. The third-order valence-corrected chi connectivity index (χ3v) is 2.30. The van der Waals surface area contributed by atoms with E-state index in [1.807, 2.05) is 6.92 Å². The number of nitrogens with zero attached hydrogens (tertiary/aromatic N) is 3. The summed E-state index contributed by atoms with van der Waals surface area (Å²) in [4.78, 5) is 6.03. The van der Waals surface area contributed by atoms with Crippen molar-refractivity contribution in [3.05, 3.63) is 12.2 Å². The minimum atomic E-state index is -0.556. The Hall–Kier alpha value is -0.940. The highest BCUT2D eigenvalue weighted by Gasteiger charge is 2.31. The van der Waals surface area contributed by atoms with E-state index in [-0.39, 0.29) is 0 Å². The van der Waals surface area contributed by atoms with Gasteiger partial charge in [-0.2, -0.15) is 4.98 Å². The van der Waals surface area contributed by atoms with Crippen molar-refractivity contribution in [3.8, 4) is 0 Å². The maximum Gasteiger partial charge on any atom is 0.240 e. The molecule has 72 valence electrons. The van der Waals surface area contributed by atoms with Crippen molar-refractivity contribution < 1.29 is 9.63 Å². The van der Waals surface area contributed by atoms with Crippen LogP contribution in [0.15, 0.2) is 10.9 Å². The number of β-amino-alcohol motifs (C(OH)–C–C–N with tert-alkyl or cyclic N) is 1. The standard InChI is InChI=1S/C8H13N3O2/c1-8(12)2-3-11(5-8)4-7-9-6-10-13-7/h6,12H,2-5H2,1H3. The van der Waals surface area contributed by atoms with Crippen molar-refractivity contribution in [1.29, 1.82) is 0 Å². The summed E-state index contributed by atoms with van der Waals surface area (Å²) in [5.74, 6) is 0.609. The lowest BCUT2D eigenvalue weighted by molar-refractivity contribution is 0.0665. The van der Waals surface area contributed by atoms with Crippen molar-refractivity contribution in [2.45, 2.75) is 25.5 Å². The predicted molar refractivity (Wildman–Crippen MR) is 44.8 cm³/mol. The summed E-state index contributed by atoms with van der Waals surface area (Å²) in [6, 6.07) is 0. The van der Waals surface area contributed by atoms with Gasteiger partial charge in [-0.25, -0.2) is 0 Å². The van der Waals surface area contributed by atoms with Crippen molar-refractivity contribution in [3.63, 3.8) is 0 Å². The molecule has 1 atom stereocenters. The van der Waals surface area contributed by atoms with Crippen molar-refractivity contribution in [2.75, 3.05) is 13.1 Å². The Labute approximate surface area is 76.4 Å². The second kappa shape index (κ2) is 3.08. The van der Waals surface area contributed by atoms with Gasteiger partial charge in [0.2, 0.25) is 5.89 Å². The third kappa shape index (κ3) is 2.05. The zero-order valence-corrected chi connectivity index (χ0v) is 7.60. The summed E-state index contributed by atoms with van der Waals surface area (Å²) >= 11 is 0. The molecule has 1 aromatic heterocycles. The van der Waals surface area contributed by atoms with Crippen LogP contribution < -0.4 is 0 Å². The normalized spacial score (nSPS) is 29.7. The van der Waals surface area contributed by atoms with Gasteiger partial charge in [-0.1, -0.05) is 5.16 Å². The van der Waals surface area contributed by atoms with Gasteiger partial charge in [0.25, 0.3) is 0 Å². The van der Waals surface area contributed by atoms with E-state index in [2.05, 4.69) is 15.0 Å². The Morgan fingerprint density at radius 2 is 2.62 bits per heavy atom. The summed E-state index contributed by atoms with van der Waals surface area (Å²) in [5.41, 5.74) is -0.556. The first-order valence-electron chi connectivity index (χ1n) is 4.36. The molecule has 5 heteroatoms. The largest absolute Gasteiger partial charge is 0.389 e. The molecule has 0 radical (unpaired) electrons. The van der Waals surface area contributed by atoms with Gasteiger partial charge < -0.3 is 9.63 Å². The summed E-state index contributed by atoms with van der Waals surface area (Å²) in [6.07, 6.45) is 2.20. The van der Waals surface area contributed by atoms with Crippen LogP contribution in [0.4, 0.5) is 0 Å². The summed E-state index contributed by atoms with van der Waals surface area (Å²) in [5, 5.41) is 13.2. The zero-order valence-electron chi connectivity index (χ0n) is 7.60. The first kappa shape index (κ1) is 8.65. The van der Waals surface area contributed by atoms with Crippen LogP contribution in [0.1, 0.15) is 19.2 Å². The van der Waals surface area contributed by atoms with E-state index in [4.69, 9.17) is 4.52 Å². The first-order chi connectivity index (χ1) is 6.16. The molecule has 1 aromatic rings. The number of aliphatic hydroxyl groups is 1. The second-order valence-corrected chi connectivity index (χ2v) is 3.79. The molecule has 1 N–H and O–H groups in total. The average Bonchev–Trinajstić information content (AvgIpc) is 2.61.